The molecule has 0 N–H and O–H groups in total. The molecule has 0 saturated heterocycles. The molecule has 2 heteroatoms. The van der Waals surface area contributed by atoms with Crippen LogP contribution in [0.5, 0.6) is 0 Å². The summed E-state index contributed by atoms with van der Waals surface area (Å²) in [6.07, 6.45) is 3.87. The Labute approximate surface area is 115 Å². The van der Waals surface area contributed by atoms with Gasteiger partial charge >= 0.3 is 0 Å². The number of nitrogens with zero attached hydrogens (tertiary/aromatic N) is 1. The Morgan fingerprint density at radius 3 is 2.53 bits per heavy atom. The van der Waals surface area contributed by atoms with Crippen LogP contribution in [0, 0.1) is 0 Å². The van der Waals surface area contributed by atoms with Gasteiger partial charge in [-0.25, -0.2) is 5.06 Å². The Morgan fingerprint density at radius 1 is 1.21 bits per heavy atom. The normalized spacial score (nSPS) is 15.6. The maximum Gasteiger partial charge on any atom is 0.0932 e. The third kappa shape index (κ3) is 2.69. The summed E-state index contributed by atoms with van der Waals surface area (Å²) in [5.41, 5.74) is 5.31. The van der Waals surface area contributed by atoms with Crippen LogP contribution in [-0.2, 0) is 4.84 Å². The molecule has 2 rings (SSSR count). The first-order valence-corrected chi connectivity index (χ1v) is 6.33. The van der Waals surface area contributed by atoms with E-state index in [2.05, 4.69) is 38.3 Å². The van der Waals surface area contributed by atoms with Gasteiger partial charge < -0.3 is 0 Å². The SMILES string of the molecule is C=CCON1C(=C)C(C)=CC(C)=C1c1ccccc1. The Balaban J connectivity index is 2.47. The number of hydrogen-bond donors (Lipinski definition) is 0. The zero-order chi connectivity index (χ0) is 13.8. The van der Waals surface area contributed by atoms with Gasteiger partial charge in [-0.15, -0.1) is 6.58 Å². The monoisotopic (exact) mass is 253 g/mol. The number of rotatable bonds is 4. The number of benzene rings is 1. The second-order valence-electron chi connectivity index (χ2n) is 4.55. The first-order chi connectivity index (χ1) is 9.15. The molecule has 0 amide bonds. The third-order valence-corrected chi connectivity index (χ3v) is 3.08. The van der Waals surface area contributed by atoms with E-state index < -0.39 is 0 Å². The molecule has 19 heavy (non-hydrogen) atoms. The van der Waals surface area contributed by atoms with E-state index in [4.69, 9.17) is 4.84 Å². The molecule has 1 aromatic rings. The highest BCUT2D eigenvalue weighted by Gasteiger charge is 2.22. The van der Waals surface area contributed by atoms with Crippen LogP contribution in [0.4, 0.5) is 0 Å². The van der Waals surface area contributed by atoms with Crippen molar-refractivity contribution in [3.8, 4) is 0 Å². The molecule has 0 aromatic heterocycles. The summed E-state index contributed by atoms with van der Waals surface area (Å²) < 4.78 is 0. The van der Waals surface area contributed by atoms with Crippen molar-refractivity contribution in [2.75, 3.05) is 6.61 Å². The molecular weight excluding hydrogens is 234 g/mol. The van der Waals surface area contributed by atoms with Gasteiger partial charge in [-0.1, -0.05) is 49.1 Å². The molecule has 0 aliphatic carbocycles. The molecule has 0 atom stereocenters. The molecule has 0 spiro atoms. The van der Waals surface area contributed by atoms with E-state index >= 15 is 0 Å². The van der Waals surface area contributed by atoms with E-state index in [0.29, 0.717) is 6.61 Å². The van der Waals surface area contributed by atoms with Gasteiger partial charge in [-0.05, 0) is 25.0 Å². The van der Waals surface area contributed by atoms with E-state index in [1.165, 1.54) is 5.57 Å². The topological polar surface area (TPSA) is 12.5 Å². The highest BCUT2D eigenvalue weighted by atomic mass is 16.7. The van der Waals surface area contributed by atoms with E-state index in [1.807, 2.05) is 30.2 Å². The lowest BCUT2D eigenvalue weighted by Crippen LogP contribution is -2.25. The summed E-state index contributed by atoms with van der Waals surface area (Å²) in [6.45, 7) is 12.4. The molecule has 98 valence electrons. The van der Waals surface area contributed by atoms with Crippen LogP contribution in [0.15, 0.2) is 72.5 Å². The first kappa shape index (κ1) is 13.4. The molecule has 2 nitrogen and oxygen atoms in total. The molecule has 1 heterocycles. The van der Waals surface area contributed by atoms with Crippen molar-refractivity contribution < 1.29 is 4.84 Å². The van der Waals surface area contributed by atoms with Crippen LogP contribution in [0.1, 0.15) is 19.4 Å². The largest absolute Gasteiger partial charge is 0.264 e. The minimum absolute atomic E-state index is 0.454. The first-order valence-electron chi connectivity index (χ1n) is 6.33. The standard InChI is InChI=1S/C17H19NO/c1-5-11-19-18-15(4)13(2)12-14(3)17(18)16-9-7-6-8-10-16/h5-10,12H,1,4,11H2,2-3H3. The van der Waals surface area contributed by atoms with Gasteiger partial charge in [0, 0.05) is 5.56 Å². The third-order valence-electron chi connectivity index (χ3n) is 3.08. The summed E-state index contributed by atoms with van der Waals surface area (Å²) in [4.78, 5) is 5.77. The molecule has 1 aromatic carbocycles. The summed E-state index contributed by atoms with van der Waals surface area (Å²) in [7, 11) is 0. The molecule has 1 aliphatic rings. The second kappa shape index (κ2) is 5.72. The molecule has 0 radical (unpaired) electrons. The smallest absolute Gasteiger partial charge is 0.0932 e. The van der Waals surface area contributed by atoms with Crippen molar-refractivity contribution in [2.24, 2.45) is 0 Å². The highest BCUT2D eigenvalue weighted by molar-refractivity contribution is 5.73. The Kier molecular flexibility index (Phi) is 4.03. The van der Waals surface area contributed by atoms with Crippen molar-refractivity contribution in [3.63, 3.8) is 0 Å². The lowest BCUT2D eigenvalue weighted by molar-refractivity contribution is -0.0654. The van der Waals surface area contributed by atoms with Gasteiger partial charge in [-0.3, -0.25) is 4.84 Å². The van der Waals surface area contributed by atoms with Gasteiger partial charge in [-0.2, -0.15) is 0 Å². The maximum absolute atomic E-state index is 5.77. The van der Waals surface area contributed by atoms with Gasteiger partial charge in [0.1, 0.15) is 0 Å². The average Bonchev–Trinajstić information content (AvgIpc) is 2.42. The fraction of sp³-hybridized carbons (Fsp3) is 0.176. The minimum atomic E-state index is 0.454. The highest BCUT2D eigenvalue weighted by Crippen LogP contribution is 2.34. The summed E-state index contributed by atoms with van der Waals surface area (Å²) in [6, 6.07) is 10.2. The number of hydrogen-bond acceptors (Lipinski definition) is 2. The summed E-state index contributed by atoms with van der Waals surface area (Å²) in [5, 5.41) is 1.81. The van der Waals surface area contributed by atoms with Gasteiger partial charge in [0.2, 0.25) is 0 Å². The fourth-order valence-electron chi connectivity index (χ4n) is 2.14. The van der Waals surface area contributed by atoms with Gasteiger partial charge in [0.25, 0.3) is 0 Å². The predicted octanol–water partition coefficient (Wildman–Crippen LogP) is 4.31. The number of allylic oxidation sites excluding steroid dienone is 3. The molecule has 0 bridgehead atoms. The van der Waals surface area contributed by atoms with Crippen molar-refractivity contribution in [3.05, 3.63) is 78.0 Å². The van der Waals surface area contributed by atoms with Crippen LogP contribution in [0.25, 0.3) is 5.70 Å². The van der Waals surface area contributed by atoms with Crippen molar-refractivity contribution in [1.82, 2.24) is 5.06 Å². The molecule has 0 fully saturated rings. The van der Waals surface area contributed by atoms with E-state index in [9.17, 15) is 0 Å². The van der Waals surface area contributed by atoms with Crippen LogP contribution < -0.4 is 0 Å². The lowest BCUT2D eigenvalue weighted by Gasteiger charge is -2.32. The molecular formula is C17H19NO. The van der Waals surface area contributed by atoms with Gasteiger partial charge in [0.05, 0.1) is 18.0 Å². The summed E-state index contributed by atoms with van der Waals surface area (Å²) >= 11 is 0. The quantitative estimate of drug-likeness (QED) is 0.741. The van der Waals surface area contributed by atoms with Crippen molar-refractivity contribution in [1.29, 1.82) is 0 Å². The molecule has 1 aliphatic heterocycles. The molecule has 0 saturated carbocycles. The lowest BCUT2D eigenvalue weighted by atomic mass is 9.99. The van der Waals surface area contributed by atoms with Crippen LogP contribution in [-0.4, -0.2) is 11.7 Å². The van der Waals surface area contributed by atoms with Crippen LogP contribution >= 0.6 is 0 Å². The van der Waals surface area contributed by atoms with Crippen molar-refractivity contribution in [2.45, 2.75) is 13.8 Å². The van der Waals surface area contributed by atoms with E-state index in [-0.39, 0.29) is 0 Å². The zero-order valence-electron chi connectivity index (χ0n) is 11.5. The zero-order valence-corrected chi connectivity index (χ0v) is 11.5. The Morgan fingerprint density at radius 2 is 1.89 bits per heavy atom. The average molecular weight is 253 g/mol. The van der Waals surface area contributed by atoms with E-state index in [1.54, 1.807) is 6.08 Å². The maximum atomic E-state index is 5.77. The van der Waals surface area contributed by atoms with Gasteiger partial charge in [0.15, 0.2) is 0 Å². The van der Waals surface area contributed by atoms with Crippen LogP contribution in [0.2, 0.25) is 0 Å². The second-order valence-corrected chi connectivity index (χ2v) is 4.55. The summed E-state index contributed by atoms with van der Waals surface area (Å²) in [5.74, 6) is 0. The fourth-order valence-corrected chi connectivity index (χ4v) is 2.14. The molecule has 0 unspecified atom stereocenters. The van der Waals surface area contributed by atoms with E-state index in [0.717, 1.165) is 22.5 Å². The minimum Gasteiger partial charge on any atom is -0.264 e. The van der Waals surface area contributed by atoms with Crippen molar-refractivity contribution >= 4 is 5.70 Å². The number of hydroxylamine groups is 2. The predicted molar refractivity (Wildman–Crippen MR) is 79.9 cm³/mol. The Bertz CT molecular complexity index is 552. The van der Waals surface area contributed by atoms with Crippen LogP contribution in [0.3, 0.4) is 0 Å². The Hall–Kier alpha value is -2.06.